The molecule has 5 nitrogen and oxygen atoms in total. The highest BCUT2D eigenvalue weighted by Gasteiger charge is 2.38. The van der Waals surface area contributed by atoms with Gasteiger partial charge in [-0.05, 0) is 20.8 Å². The molecular weight excluding hydrogens is 260 g/mol. The van der Waals surface area contributed by atoms with Gasteiger partial charge in [0.05, 0.1) is 4.24 Å². The summed E-state index contributed by atoms with van der Waals surface area (Å²) in [5, 5.41) is 8.69. The molecule has 0 aliphatic carbocycles. The van der Waals surface area contributed by atoms with Crippen LogP contribution in [0.5, 0.6) is 0 Å². The van der Waals surface area contributed by atoms with E-state index in [9.17, 15) is 9.59 Å². The highest BCUT2D eigenvalue weighted by Crippen LogP contribution is 2.53. The molecule has 1 saturated heterocycles. The number of hydrogen-bond acceptors (Lipinski definition) is 6. The van der Waals surface area contributed by atoms with Gasteiger partial charge >= 0.3 is 5.97 Å². The van der Waals surface area contributed by atoms with Crippen molar-refractivity contribution in [2.45, 2.75) is 31.0 Å². The van der Waals surface area contributed by atoms with Crippen molar-refractivity contribution in [2.24, 2.45) is 5.73 Å². The van der Waals surface area contributed by atoms with Gasteiger partial charge in [0.25, 0.3) is 5.91 Å². The lowest BCUT2D eigenvalue weighted by atomic mass is 10.2. The lowest BCUT2D eigenvalue weighted by Gasteiger charge is -2.29. The summed E-state index contributed by atoms with van der Waals surface area (Å²) in [6.07, 6.45) is 0. The molecule has 17 heavy (non-hydrogen) atoms. The monoisotopic (exact) mass is 272 g/mol. The standard InChI is InChI=1S/C10H12N2O3S2/c1-10(2,3)15-7(14)9-16-8(17-9)5(4-11)6(12)13/h9H,1-3H3,(H2,12,13). The molecule has 0 saturated carbocycles. The zero-order valence-corrected chi connectivity index (χ0v) is 11.3. The number of hydrogen-bond donors (Lipinski definition) is 1. The maximum absolute atomic E-state index is 11.6. The van der Waals surface area contributed by atoms with Crippen molar-refractivity contribution in [1.82, 2.24) is 0 Å². The molecule has 1 amide bonds. The van der Waals surface area contributed by atoms with E-state index in [1.807, 2.05) is 0 Å². The van der Waals surface area contributed by atoms with Crippen molar-refractivity contribution in [1.29, 1.82) is 5.26 Å². The van der Waals surface area contributed by atoms with E-state index in [4.69, 9.17) is 15.7 Å². The Bertz CT molecular complexity index is 424. The van der Waals surface area contributed by atoms with Gasteiger partial charge < -0.3 is 10.5 Å². The highest BCUT2D eigenvalue weighted by atomic mass is 32.3. The Labute approximate surface area is 108 Å². The number of nitriles is 1. The molecule has 1 aliphatic heterocycles. The molecule has 1 aliphatic rings. The van der Waals surface area contributed by atoms with Crippen LogP contribution in [0.2, 0.25) is 0 Å². The lowest BCUT2D eigenvalue weighted by molar-refractivity contribution is -0.152. The van der Waals surface area contributed by atoms with Crippen LogP contribution in [-0.4, -0.2) is 22.1 Å². The van der Waals surface area contributed by atoms with Crippen molar-refractivity contribution in [2.75, 3.05) is 0 Å². The second-order valence-corrected chi connectivity index (χ2v) is 7.03. The van der Waals surface area contributed by atoms with Crippen LogP contribution in [0.3, 0.4) is 0 Å². The molecule has 0 aromatic rings. The summed E-state index contributed by atoms with van der Waals surface area (Å²) in [4.78, 5) is 22.5. The minimum Gasteiger partial charge on any atom is -0.458 e. The predicted molar refractivity (Wildman–Crippen MR) is 66.6 cm³/mol. The quantitative estimate of drug-likeness (QED) is 0.463. The van der Waals surface area contributed by atoms with Crippen molar-refractivity contribution in [3.05, 3.63) is 9.81 Å². The van der Waals surface area contributed by atoms with Gasteiger partial charge in [-0.3, -0.25) is 4.79 Å². The Morgan fingerprint density at radius 2 is 1.94 bits per heavy atom. The number of esters is 1. The smallest absolute Gasteiger partial charge is 0.330 e. The van der Waals surface area contributed by atoms with E-state index in [0.717, 1.165) is 23.5 Å². The van der Waals surface area contributed by atoms with Crippen LogP contribution < -0.4 is 5.73 Å². The summed E-state index contributed by atoms with van der Waals surface area (Å²) >= 11 is 2.26. The van der Waals surface area contributed by atoms with E-state index in [-0.39, 0.29) is 11.5 Å². The normalized spacial score (nSPS) is 18.9. The second kappa shape index (κ2) is 5.02. The van der Waals surface area contributed by atoms with Gasteiger partial charge in [0.2, 0.25) is 0 Å². The number of rotatable bonds is 2. The summed E-state index contributed by atoms with van der Waals surface area (Å²) in [5.74, 6) is -1.14. The van der Waals surface area contributed by atoms with Gasteiger partial charge in [-0.15, -0.1) is 0 Å². The van der Waals surface area contributed by atoms with E-state index in [0.29, 0.717) is 4.24 Å². The Morgan fingerprint density at radius 3 is 2.29 bits per heavy atom. The summed E-state index contributed by atoms with van der Waals surface area (Å²) in [5.41, 5.74) is 4.38. The lowest BCUT2D eigenvalue weighted by Crippen LogP contribution is -2.31. The number of nitrogens with two attached hydrogens (primary N) is 1. The van der Waals surface area contributed by atoms with Crippen molar-refractivity contribution in [3.63, 3.8) is 0 Å². The Kier molecular flexibility index (Phi) is 4.11. The molecular formula is C10H12N2O3S2. The van der Waals surface area contributed by atoms with Gasteiger partial charge in [0.15, 0.2) is 4.58 Å². The Hall–Kier alpha value is -1.13. The fourth-order valence-corrected chi connectivity index (χ4v) is 3.06. The van der Waals surface area contributed by atoms with Crippen molar-refractivity contribution in [3.8, 4) is 6.07 Å². The number of ether oxygens (including phenoxy) is 1. The zero-order valence-electron chi connectivity index (χ0n) is 9.64. The van der Waals surface area contributed by atoms with Gasteiger partial charge in [-0.2, -0.15) is 5.26 Å². The molecule has 1 heterocycles. The first-order valence-electron chi connectivity index (χ1n) is 4.75. The van der Waals surface area contributed by atoms with Crippen LogP contribution in [0, 0.1) is 11.3 Å². The summed E-state index contributed by atoms with van der Waals surface area (Å²) in [6, 6.07) is 1.72. The third-order valence-electron chi connectivity index (χ3n) is 1.59. The summed E-state index contributed by atoms with van der Waals surface area (Å²) in [7, 11) is 0. The molecule has 0 atom stereocenters. The first-order chi connectivity index (χ1) is 7.74. The van der Waals surface area contributed by atoms with Crippen LogP contribution in [0.1, 0.15) is 20.8 Å². The van der Waals surface area contributed by atoms with Crippen LogP contribution >= 0.6 is 23.5 Å². The third-order valence-corrected chi connectivity index (χ3v) is 4.39. The van der Waals surface area contributed by atoms with Crippen LogP contribution in [0.25, 0.3) is 0 Å². The van der Waals surface area contributed by atoms with E-state index in [1.165, 1.54) is 0 Å². The van der Waals surface area contributed by atoms with E-state index in [1.54, 1.807) is 26.8 Å². The molecule has 2 N–H and O–H groups in total. The molecule has 0 bridgehead atoms. The first kappa shape index (κ1) is 13.9. The number of nitrogens with zero attached hydrogens (tertiary/aromatic N) is 1. The molecule has 1 fully saturated rings. The number of amides is 1. The summed E-state index contributed by atoms with van der Waals surface area (Å²) in [6.45, 7) is 5.33. The maximum Gasteiger partial charge on any atom is 0.330 e. The first-order valence-corrected chi connectivity index (χ1v) is 6.51. The minimum absolute atomic E-state index is 0.0974. The molecule has 1 rings (SSSR count). The molecule has 0 radical (unpaired) electrons. The third kappa shape index (κ3) is 3.68. The van der Waals surface area contributed by atoms with Gasteiger partial charge in [-0.1, -0.05) is 23.5 Å². The zero-order chi connectivity index (χ0) is 13.2. The van der Waals surface area contributed by atoms with Crippen molar-refractivity contribution < 1.29 is 14.3 Å². The Morgan fingerprint density at radius 1 is 1.41 bits per heavy atom. The van der Waals surface area contributed by atoms with Gasteiger partial charge in [-0.25, -0.2) is 4.79 Å². The van der Waals surface area contributed by atoms with Gasteiger partial charge in [0.1, 0.15) is 17.2 Å². The molecule has 7 heteroatoms. The summed E-state index contributed by atoms with van der Waals surface area (Å²) < 4.78 is 5.22. The second-order valence-electron chi connectivity index (χ2n) is 4.24. The molecule has 0 unspecified atom stereocenters. The van der Waals surface area contributed by atoms with Gasteiger partial charge in [0, 0.05) is 0 Å². The van der Waals surface area contributed by atoms with Crippen LogP contribution in [0.4, 0.5) is 0 Å². The molecule has 0 aromatic carbocycles. The average Bonchev–Trinajstić information content (AvgIpc) is 2.05. The molecule has 92 valence electrons. The topological polar surface area (TPSA) is 93.2 Å². The number of primary amides is 1. The van der Waals surface area contributed by atoms with E-state index >= 15 is 0 Å². The fourth-order valence-electron chi connectivity index (χ4n) is 0.969. The number of carbonyl (C=O) groups is 2. The van der Waals surface area contributed by atoms with Crippen LogP contribution in [0.15, 0.2) is 9.81 Å². The maximum atomic E-state index is 11.6. The SMILES string of the molecule is CC(C)(C)OC(=O)C1SC(=C(C#N)C(N)=O)S1. The van der Waals surface area contributed by atoms with E-state index in [2.05, 4.69) is 0 Å². The fraction of sp³-hybridized carbons (Fsp3) is 0.500. The number of thioether (sulfide) groups is 2. The predicted octanol–water partition coefficient (Wildman–Crippen LogP) is 1.35. The molecule has 0 spiro atoms. The van der Waals surface area contributed by atoms with Crippen molar-refractivity contribution >= 4 is 35.4 Å². The Balaban J connectivity index is 2.61. The van der Waals surface area contributed by atoms with E-state index < -0.39 is 16.1 Å². The number of carbonyl (C=O) groups excluding carboxylic acids is 2. The largest absolute Gasteiger partial charge is 0.458 e. The average molecular weight is 272 g/mol. The van der Waals surface area contributed by atoms with Crippen LogP contribution in [-0.2, 0) is 14.3 Å². The minimum atomic E-state index is -0.773. The highest BCUT2D eigenvalue weighted by molar-refractivity contribution is 8.39. The molecule has 0 aromatic heterocycles.